The summed E-state index contributed by atoms with van der Waals surface area (Å²) >= 11 is 0. The first-order chi connectivity index (χ1) is 20.2. The second kappa shape index (κ2) is 11.2. The molecule has 0 atom stereocenters. The Hall–Kier alpha value is -4.27. The zero-order valence-electron chi connectivity index (χ0n) is 23.8. The lowest BCUT2D eigenvalue weighted by atomic mass is 10.0. The van der Waals surface area contributed by atoms with E-state index in [2.05, 4.69) is 17.0 Å². The SMILES string of the molecule is Cc1ccc(C)c(CN2C(=O)c3ccccc3S(=O)(=O)c3ccc(C(=O)N4CCN(Cc5ccccc5)CC4)cc32)c1. The molecule has 2 heterocycles. The molecule has 42 heavy (non-hydrogen) atoms. The number of aryl methyl sites for hydroxylation is 2. The van der Waals surface area contributed by atoms with E-state index in [1.807, 2.05) is 50.2 Å². The molecular formula is C34H33N3O4S. The molecule has 0 bridgehead atoms. The minimum absolute atomic E-state index is 0.0201. The number of hydrogen-bond donors (Lipinski definition) is 0. The van der Waals surface area contributed by atoms with Crippen LogP contribution in [-0.4, -0.2) is 56.2 Å². The average Bonchev–Trinajstić information content (AvgIpc) is 3.07. The van der Waals surface area contributed by atoms with Gasteiger partial charge in [0.15, 0.2) is 0 Å². The van der Waals surface area contributed by atoms with Gasteiger partial charge in [0, 0.05) is 38.3 Å². The van der Waals surface area contributed by atoms with Crippen LogP contribution in [0.4, 0.5) is 5.69 Å². The molecule has 0 radical (unpaired) electrons. The minimum Gasteiger partial charge on any atom is -0.336 e. The van der Waals surface area contributed by atoms with Gasteiger partial charge in [-0.2, -0.15) is 0 Å². The van der Waals surface area contributed by atoms with Crippen molar-refractivity contribution in [2.24, 2.45) is 0 Å². The molecular weight excluding hydrogens is 546 g/mol. The van der Waals surface area contributed by atoms with E-state index in [0.29, 0.717) is 18.7 Å². The summed E-state index contributed by atoms with van der Waals surface area (Å²) in [4.78, 5) is 33.4. The Bertz CT molecular complexity index is 1780. The first kappa shape index (κ1) is 27.9. The van der Waals surface area contributed by atoms with Gasteiger partial charge in [0.1, 0.15) is 0 Å². The molecule has 6 rings (SSSR count). The Morgan fingerprint density at radius 1 is 0.762 bits per heavy atom. The molecule has 4 aromatic rings. The number of anilines is 1. The summed E-state index contributed by atoms with van der Waals surface area (Å²) in [5.74, 6) is -0.580. The molecule has 2 amide bonds. The van der Waals surface area contributed by atoms with Gasteiger partial charge in [0.2, 0.25) is 9.84 Å². The van der Waals surface area contributed by atoms with Crippen LogP contribution in [-0.2, 0) is 22.9 Å². The first-order valence-corrected chi connectivity index (χ1v) is 15.6. The van der Waals surface area contributed by atoms with Crippen LogP contribution in [0.15, 0.2) is 101 Å². The lowest BCUT2D eigenvalue weighted by molar-refractivity contribution is 0.0628. The number of nitrogens with zero attached hydrogens (tertiary/aromatic N) is 3. The largest absolute Gasteiger partial charge is 0.336 e. The van der Waals surface area contributed by atoms with Gasteiger partial charge in [-0.1, -0.05) is 66.2 Å². The maximum atomic E-state index is 14.0. The highest BCUT2D eigenvalue weighted by Crippen LogP contribution is 2.38. The van der Waals surface area contributed by atoms with Crippen molar-refractivity contribution in [3.63, 3.8) is 0 Å². The Morgan fingerprint density at radius 2 is 1.48 bits per heavy atom. The molecule has 0 aromatic heterocycles. The van der Waals surface area contributed by atoms with Crippen LogP contribution in [0.3, 0.4) is 0 Å². The predicted octanol–water partition coefficient (Wildman–Crippen LogP) is 5.25. The van der Waals surface area contributed by atoms with Crippen LogP contribution in [0.2, 0.25) is 0 Å². The zero-order chi connectivity index (χ0) is 29.4. The van der Waals surface area contributed by atoms with Crippen LogP contribution in [0.5, 0.6) is 0 Å². The van der Waals surface area contributed by atoms with E-state index >= 15 is 0 Å². The standard InChI is InChI=1S/C34H33N3O4S/c1-24-12-13-25(2)28(20-24)23-37-30-21-27(14-15-32(30)42(40,41)31-11-7-6-10-29(31)34(37)39)33(38)36-18-16-35(17-19-36)22-26-8-4-3-5-9-26/h3-15,20-21H,16-19,22-23H2,1-2H3. The Kier molecular flexibility index (Phi) is 7.43. The van der Waals surface area contributed by atoms with Gasteiger partial charge in [0.25, 0.3) is 11.8 Å². The van der Waals surface area contributed by atoms with Crippen LogP contribution < -0.4 is 4.90 Å². The highest BCUT2D eigenvalue weighted by atomic mass is 32.2. The number of carbonyl (C=O) groups excluding carboxylic acids is 2. The molecule has 4 aromatic carbocycles. The van der Waals surface area contributed by atoms with Crippen molar-refractivity contribution in [1.29, 1.82) is 0 Å². The zero-order valence-corrected chi connectivity index (χ0v) is 24.6. The van der Waals surface area contributed by atoms with Crippen molar-refractivity contribution in [3.8, 4) is 0 Å². The van der Waals surface area contributed by atoms with Crippen LogP contribution >= 0.6 is 0 Å². The summed E-state index contributed by atoms with van der Waals surface area (Å²) in [5, 5.41) is 0. The molecule has 2 aliphatic heterocycles. The highest BCUT2D eigenvalue weighted by molar-refractivity contribution is 7.91. The summed E-state index contributed by atoms with van der Waals surface area (Å²) < 4.78 is 27.7. The number of sulfone groups is 1. The fraction of sp³-hybridized carbons (Fsp3) is 0.235. The van der Waals surface area contributed by atoms with Gasteiger partial charge in [-0.3, -0.25) is 14.5 Å². The highest BCUT2D eigenvalue weighted by Gasteiger charge is 2.36. The van der Waals surface area contributed by atoms with E-state index < -0.39 is 15.7 Å². The van der Waals surface area contributed by atoms with E-state index in [1.165, 1.54) is 22.6 Å². The molecule has 0 saturated carbocycles. The van der Waals surface area contributed by atoms with Crippen molar-refractivity contribution in [3.05, 3.63) is 124 Å². The number of benzene rings is 4. The maximum Gasteiger partial charge on any atom is 0.259 e. The van der Waals surface area contributed by atoms with Crippen LogP contribution in [0.1, 0.15) is 43.0 Å². The van der Waals surface area contributed by atoms with Crippen molar-refractivity contribution >= 4 is 27.3 Å². The van der Waals surface area contributed by atoms with Crippen molar-refractivity contribution in [1.82, 2.24) is 9.80 Å². The third-order valence-electron chi connectivity index (χ3n) is 8.18. The predicted molar refractivity (Wildman–Crippen MR) is 162 cm³/mol. The van der Waals surface area contributed by atoms with E-state index in [9.17, 15) is 18.0 Å². The number of carbonyl (C=O) groups is 2. The molecule has 0 aliphatic carbocycles. The van der Waals surface area contributed by atoms with E-state index in [-0.39, 0.29) is 33.5 Å². The number of rotatable bonds is 5. The lowest BCUT2D eigenvalue weighted by Crippen LogP contribution is -2.48. The summed E-state index contributed by atoms with van der Waals surface area (Å²) in [6.07, 6.45) is 0. The molecule has 1 fully saturated rings. The maximum absolute atomic E-state index is 14.0. The molecule has 7 nitrogen and oxygen atoms in total. The molecule has 8 heteroatoms. The van der Waals surface area contributed by atoms with Gasteiger partial charge in [-0.05, 0) is 60.9 Å². The number of fused-ring (bicyclic) bond motifs is 2. The Morgan fingerprint density at radius 3 is 2.24 bits per heavy atom. The third kappa shape index (κ3) is 5.24. The van der Waals surface area contributed by atoms with Crippen molar-refractivity contribution in [2.45, 2.75) is 36.7 Å². The molecule has 1 saturated heterocycles. The van der Waals surface area contributed by atoms with Crippen molar-refractivity contribution in [2.75, 3.05) is 31.1 Å². The summed E-state index contributed by atoms with van der Waals surface area (Å²) in [7, 11) is -4.01. The van der Waals surface area contributed by atoms with Gasteiger partial charge in [-0.15, -0.1) is 0 Å². The summed E-state index contributed by atoms with van der Waals surface area (Å²) in [6, 6.07) is 27.2. The topological polar surface area (TPSA) is 78.0 Å². The normalized spacial score (nSPS) is 16.5. The molecule has 2 aliphatic rings. The molecule has 0 unspecified atom stereocenters. The van der Waals surface area contributed by atoms with Crippen molar-refractivity contribution < 1.29 is 18.0 Å². The van der Waals surface area contributed by atoms with Crippen LogP contribution in [0.25, 0.3) is 0 Å². The first-order valence-electron chi connectivity index (χ1n) is 14.1. The quantitative estimate of drug-likeness (QED) is 0.323. The summed E-state index contributed by atoms with van der Waals surface area (Å²) in [5.41, 5.74) is 4.91. The molecule has 0 N–H and O–H groups in total. The summed E-state index contributed by atoms with van der Waals surface area (Å²) in [6.45, 7) is 7.58. The van der Waals surface area contributed by atoms with Gasteiger partial charge < -0.3 is 9.80 Å². The van der Waals surface area contributed by atoms with Gasteiger partial charge >= 0.3 is 0 Å². The number of piperazine rings is 1. The smallest absolute Gasteiger partial charge is 0.259 e. The fourth-order valence-electron chi connectivity index (χ4n) is 5.77. The number of amides is 2. The third-order valence-corrected chi connectivity index (χ3v) is 10.0. The Balaban J connectivity index is 1.34. The number of hydrogen-bond acceptors (Lipinski definition) is 5. The van der Waals surface area contributed by atoms with Gasteiger partial charge in [0.05, 0.1) is 27.6 Å². The average molecular weight is 580 g/mol. The van der Waals surface area contributed by atoms with Gasteiger partial charge in [-0.25, -0.2) is 8.42 Å². The fourth-order valence-corrected chi connectivity index (χ4v) is 7.40. The Labute approximate surface area is 246 Å². The second-order valence-corrected chi connectivity index (χ2v) is 12.9. The molecule has 0 spiro atoms. The lowest BCUT2D eigenvalue weighted by Gasteiger charge is -2.35. The monoisotopic (exact) mass is 579 g/mol. The van der Waals surface area contributed by atoms with E-state index in [4.69, 9.17) is 0 Å². The minimum atomic E-state index is -4.01. The van der Waals surface area contributed by atoms with Crippen LogP contribution in [0, 0.1) is 13.8 Å². The van der Waals surface area contributed by atoms with E-state index in [1.54, 1.807) is 35.2 Å². The molecule has 214 valence electrons. The second-order valence-electron chi connectivity index (χ2n) is 11.1. The van der Waals surface area contributed by atoms with E-state index in [0.717, 1.165) is 36.3 Å².